The van der Waals surface area contributed by atoms with E-state index < -0.39 is 5.97 Å². The van der Waals surface area contributed by atoms with E-state index in [1.54, 1.807) is 14.0 Å². The minimum Gasteiger partial charge on any atom is -0.497 e. The third kappa shape index (κ3) is 4.80. The quantitative estimate of drug-likeness (QED) is 0.473. The number of rotatable bonds is 7. The van der Waals surface area contributed by atoms with Crippen LogP contribution in [0.2, 0.25) is 0 Å². The van der Waals surface area contributed by atoms with Gasteiger partial charge in [0.2, 0.25) is 5.91 Å². The van der Waals surface area contributed by atoms with Crippen LogP contribution in [0.3, 0.4) is 0 Å². The summed E-state index contributed by atoms with van der Waals surface area (Å²) in [6.07, 6.45) is 2.06. The van der Waals surface area contributed by atoms with E-state index in [-0.39, 0.29) is 18.4 Å². The molecule has 0 radical (unpaired) electrons. The van der Waals surface area contributed by atoms with Crippen molar-refractivity contribution in [2.45, 2.75) is 39.3 Å². The number of carbonyl (C=O) groups excluding carboxylic acids is 2. The summed E-state index contributed by atoms with van der Waals surface area (Å²) in [5, 5.41) is 4.65. The van der Waals surface area contributed by atoms with E-state index in [0.717, 1.165) is 40.3 Å². The maximum absolute atomic E-state index is 13.4. The molecule has 2 aliphatic heterocycles. The van der Waals surface area contributed by atoms with Gasteiger partial charge in [-0.15, -0.1) is 0 Å². The first-order valence-electron chi connectivity index (χ1n) is 12.5. The molecule has 1 unspecified atom stereocenters. The molecular weight excluding hydrogens is 458 g/mol. The zero-order chi connectivity index (χ0) is 25.1. The Morgan fingerprint density at radius 2 is 1.94 bits per heavy atom. The molecule has 3 heterocycles. The Kier molecular flexibility index (Phi) is 6.93. The lowest BCUT2D eigenvalue weighted by atomic mass is 9.94. The summed E-state index contributed by atoms with van der Waals surface area (Å²) in [7, 11) is 1.65. The lowest BCUT2D eigenvalue weighted by Crippen LogP contribution is -2.43. The summed E-state index contributed by atoms with van der Waals surface area (Å²) in [5.74, 6) is 1.04. The molecule has 5 rings (SSSR count). The molecule has 0 bridgehead atoms. The van der Waals surface area contributed by atoms with Crippen LogP contribution in [0.5, 0.6) is 11.5 Å². The van der Waals surface area contributed by atoms with Crippen molar-refractivity contribution in [1.82, 2.24) is 14.7 Å². The summed E-state index contributed by atoms with van der Waals surface area (Å²) >= 11 is 0. The highest BCUT2D eigenvalue weighted by Crippen LogP contribution is 2.30. The van der Waals surface area contributed by atoms with Gasteiger partial charge in [-0.25, -0.2) is 4.79 Å². The number of methoxy groups -OCH3 is 1. The highest BCUT2D eigenvalue weighted by Gasteiger charge is 2.35. The minimum absolute atomic E-state index is 0.0518. The number of esters is 1. The van der Waals surface area contributed by atoms with Gasteiger partial charge in [-0.05, 0) is 49.1 Å². The number of nitrogens with zero attached hydrogens (tertiary/aromatic N) is 3. The summed E-state index contributed by atoms with van der Waals surface area (Å²) < 4.78 is 18.3. The van der Waals surface area contributed by atoms with E-state index >= 15 is 0 Å². The number of hydrogen-bond donors (Lipinski definition) is 0. The molecule has 8 nitrogen and oxygen atoms in total. The average Bonchev–Trinajstić information content (AvgIpc) is 3.29. The molecule has 1 amide bonds. The van der Waals surface area contributed by atoms with E-state index in [0.29, 0.717) is 44.8 Å². The third-order valence-electron chi connectivity index (χ3n) is 6.91. The van der Waals surface area contributed by atoms with Crippen LogP contribution in [0.4, 0.5) is 0 Å². The number of carbonyl (C=O) groups is 2. The number of para-hydroxylation sites is 1. The molecule has 2 aliphatic rings. The summed E-state index contributed by atoms with van der Waals surface area (Å²) in [4.78, 5) is 28.0. The first kappa shape index (κ1) is 23.9. The molecule has 8 heteroatoms. The van der Waals surface area contributed by atoms with Crippen LogP contribution in [-0.4, -0.2) is 53.4 Å². The van der Waals surface area contributed by atoms with Crippen molar-refractivity contribution in [1.29, 1.82) is 0 Å². The van der Waals surface area contributed by atoms with Gasteiger partial charge in [-0.3, -0.25) is 9.48 Å². The van der Waals surface area contributed by atoms with Crippen molar-refractivity contribution in [3.8, 4) is 11.5 Å². The number of ether oxygens (including phenoxy) is 3. The lowest BCUT2D eigenvalue weighted by Gasteiger charge is -2.33. The van der Waals surface area contributed by atoms with Gasteiger partial charge in [0.25, 0.3) is 0 Å². The van der Waals surface area contributed by atoms with Crippen molar-refractivity contribution < 1.29 is 23.8 Å². The fraction of sp³-hybridized carbons (Fsp3) is 0.393. The summed E-state index contributed by atoms with van der Waals surface area (Å²) in [5.41, 5.74) is 4.31. The second-order valence-electron chi connectivity index (χ2n) is 9.15. The number of fused-ring (bicyclic) bond motifs is 2. The van der Waals surface area contributed by atoms with Gasteiger partial charge in [-0.2, -0.15) is 5.10 Å². The Morgan fingerprint density at radius 1 is 1.14 bits per heavy atom. The summed E-state index contributed by atoms with van der Waals surface area (Å²) in [6.45, 7) is 3.99. The fourth-order valence-corrected chi connectivity index (χ4v) is 5.00. The Morgan fingerprint density at radius 3 is 2.72 bits per heavy atom. The molecule has 3 aromatic rings. The molecule has 0 fully saturated rings. The van der Waals surface area contributed by atoms with Crippen LogP contribution in [0.25, 0.3) is 0 Å². The van der Waals surface area contributed by atoms with E-state index in [1.807, 2.05) is 58.1 Å². The van der Waals surface area contributed by atoms with Crippen LogP contribution < -0.4 is 9.47 Å². The second-order valence-corrected chi connectivity index (χ2v) is 9.15. The SMILES string of the molecule is CCOC(=O)c1nn(CCc2ccc(OC)cc2)c2c1CN(C(=O)C1COc3ccccc3C1)CC2. The molecular formula is C28H31N3O5. The predicted octanol–water partition coefficient (Wildman–Crippen LogP) is 3.45. The average molecular weight is 490 g/mol. The zero-order valence-electron chi connectivity index (χ0n) is 20.7. The zero-order valence-corrected chi connectivity index (χ0v) is 20.7. The highest BCUT2D eigenvalue weighted by molar-refractivity contribution is 5.89. The van der Waals surface area contributed by atoms with E-state index in [2.05, 4.69) is 5.10 Å². The van der Waals surface area contributed by atoms with E-state index in [4.69, 9.17) is 14.2 Å². The molecule has 188 valence electrons. The normalized spacial score (nSPS) is 16.5. The monoisotopic (exact) mass is 489 g/mol. The number of benzene rings is 2. The topological polar surface area (TPSA) is 82.9 Å². The Hall–Kier alpha value is -3.81. The molecule has 0 N–H and O–H groups in total. The lowest BCUT2D eigenvalue weighted by molar-refractivity contribution is -0.137. The number of aryl methyl sites for hydroxylation is 2. The van der Waals surface area contributed by atoms with E-state index in [9.17, 15) is 9.59 Å². The van der Waals surface area contributed by atoms with Crippen LogP contribution in [-0.2, 0) is 41.9 Å². The number of hydrogen-bond acceptors (Lipinski definition) is 6. The van der Waals surface area contributed by atoms with Crippen molar-refractivity contribution in [3.05, 3.63) is 76.6 Å². The first-order chi connectivity index (χ1) is 17.6. The van der Waals surface area contributed by atoms with Crippen LogP contribution in [0.1, 0.15) is 39.8 Å². The minimum atomic E-state index is -0.443. The fourth-order valence-electron chi connectivity index (χ4n) is 5.00. The number of aromatic nitrogens is 2. The molecule has 0 saturated carbocycles. The summed E-state index contributed by atoms with van der Waals surface area (Å²) in [6, 6.07) is 15.8. The van der Waals surface area contributed by atoms with Gasteiger partial charge in [0.05, 0.1) is 19.6 Å². The molecule has 0 spiro atoms. The molecule has 0 aliphatic carbocycles. The Labute approximate surface area is 210 Å². The predicted molar refractivity (Wildman–Crippen MR) is 133 cm³/mol. The maximum Gasteiger partial charge on any atom is 0.359 e. The number of amides is 1. The molecule has 0 saturated heterocycles. The van der Waals surface area contributed by atoms with Gasteiger partial charge in [0.15, 0.2) is 5.69 Å². The molecule has 36 heavy (non-hydrogen) atoms. The first-order valence-corrected chi connectivity index (χ1v) is 12.5. The molecule has 1 atom stereocenters. The van der Waals surface area contributed by atoms with Gasteiger partial charge in [0.1, 0.15) is 18.1 Å². The highest BCUT2D eigenvalue weighted by atomic mass is 16.5. The van der Waals surface area contributed by atoms with Crippen molar-refractivity contribution in [3.63, 3.8) is 0 Å². The van der Waals surface area contributed by atoms with Gasteiger partial charge < -0.3 is 19.1 Å². The molecule has 1 aromatic heterocycles. The van der Waals surface area contributed by atoms with E-state index in [1.165, 1.54) is 0 Å². The van der Waals surface area contributed by atoms with Gasteiger partial charge in [-0.1, -0.05) is 30.3 Å². The van der Waals surface area contributed by atoms with Crippen LogP contribution in [0, 0.1) is 5.92 Å². The largest absolute Gasteiger partial charge is 0.497 e. The second kappa shape index (κ2) is 10.4. The standard InChI is InChI=1S/C28H31N3O5/c1-3-35-28(33)26-23-17-30(27(32)21-16-20-6-4-5-7-25(20)36-18-21)14-13-24(23)31(29-26)15-12-19-8-10-22(34-2)11-9-19/h4-11,21H,3,12-18H2,1-2H3. The van der Waals surface area contributed by atoms with Crippen molar-refractivity contribution in [2.75, 3.05) is 26.9 Å². The molecule has 2 aromatic carbocycles. The Balaban J connectivity index is 1.34. The van der Waals surface area contributed by atoms with Crippen molar-refractivity contribution >= 4 is 11.9 Å². The van der Waals surface area contributed by atoms with Crippen molar-refractivity contribution in [2.24, 2.45) is 5.92 Å². The smallest absolute Gasteiger partial charge is 0.359 e. The Bertz CT molecular complexity index is 1250. The van der Waals surface area contributed by atoms with Crippen LogP contribution in [0.15, 0.2) is 48.5 Å². The van der Waals surface area contributed by atoms with Crippen LogP contribution >= 0.6 is 0 Å². The maximum atomic E-state index is 13.4. The van der Waals surface area contributed by atoms with Gasteiger partial charge >= 0.3 is 5.97 Å². The third-order valence-corrected chi connectivity index (χ3v) is 6.91. The van der Waals surface area contributed by atoms with Gasteiger partial charge in [0, 0.05) is 37.3 Å².